The molecule has 1 aliphatic rings. The predicted octanol–water partition coefficient (Wildman–Crippen LogP) is 2.23. The van der Waals surface area contributed by atoms with E-state index in [0.29, 0.717) is 25.2 Å². The van der Waals surface area contributed by atoms with Crippen LogP contribution in [0.25, 0.3) is 0 Å². The molecule has 2 rings (SSSR count). The van der Waals surface area contributed by atoms with Crippen LogP contribution in [0.15, 0.2) is 24.3 Å². The van der Waals surface area contributed by atoms with E-state index in [2.05, 4.69) is 5.32 Å². The molecule has 118 valence electrons. The highest BCUT2D eigenvalue weighted by molar-refractivity contribution is 5.85. The van der Waals surface area contributed by atoms with Crippen molar-refractivity contribution < 1.29 is 13.9 Å². The number of amides is 1. The summed E-state index contributed by atoms with van der Waals surface area (Å²) < 4.78 is 18.4. The molecule has 0 bridgehead atoms. The van der Waals surface area contributed by atoms with Gasteiger partial charge in [0.2, 0.25) is 5.91 Å². The Morgan fingerprint density at radius 3 is 3.05 bits per heavy atom. The van der Waals surface area contributed by atoms with Crippen LogP contribution in [-0.2, 0) is 4.79 Å². The van der Waals surface area contributed by atoms with E-state index < -0.39 is 0 Å². The fourth-order valence-electron chi connectivity index (χ4n) is 2.33. The van der Waals surface area contributed by atoms with Crippen molar-refractivity contribution in [1.29, 1.82) is 0 Å². The number of hydrogen-bond acceptors (Lipinski definition) is 3. The molecule has 1 fully saturated rings. The summed E-state index contributed by atoms with van der Waals surface area (Å²) in [4.78, 5) is 14.0. The van der Waals surface area contributed by atoms with Gasteiger partial charge in [-0.2, -0.15) is 0 Å². The number of carbonyl (C=O) groups is 1. The second-order valence-corrected chi connectivity index (χ2v) is 5.05. The van der Waals surface area contributed by atoms with Crippen LogP contribution in [0.2, 0.25) is 0 Å². The molecule has 0 aliphatic carbocycles. The molecule has 21 heavy (non-hydrogen) atoms. The summed E-state index contributed by atoms with van der Waals surface area (Å²) >= 11 is 0. The van der Waals surface area contributed by atoms with Gasteiger partial charge in [0.15, 0.2) is 0 Å². The number of hydrogen-bond donors (Lipinski definition) is 1. The van der Waals surface area contributed by atoms with Crippen molar-refractivity contribution in [2.45, 2.75) is 25.8 Å². The summed E-state index contributed by atoms with van der Waals surface area (Å²) in [6, 6.07) is 6.30. The summed E-state index contributed by atoms with van der Waals surface area (Å²) in [5.41, 5.74) is 0. The van der Waals surface area contributed by atoms with E-state index in [9.17, 15) is 9.18 Å². The van der Waals surface area contributed by atoms with Gasteiger partial charge in [0.25, 0.3) is 0 Å². The first-order chi connectivity index (χ1) is 9.66. The highest BCUT2D eigenvalue weighted by Gasteiger charge is 2.22. The maximum Gasteiger partial charge on any atom is 0.223 e. The highest BCUT2D eigenvalue weighted by Crippen LogP contribution is 2.13. The number of nitrogens with zero attached hydrogens (tertiary/aromatic N) is 1. The Labute approximate surface area is 131 Å². The second-order valence-electron chi connectivity index (χ2n) is 5.05. The number of rotatable bonds is 5. The first-order valence-corrected chi connectivity index (χ1v) is 7.05. The molecule has 0 saturated carbocycles. The van der Waals surface area contributed by atoms with Gasteiger partial charge in [-0.3, -0.25) is 4.79 Å². The number of halogens is 2. The molecule has 1 N–H and O–H groups in total. The fraction of sp³-hybridized carbons (Fsp3) is 0.533. The average molecular weight is 317 g/mol. The quantitative estimate of drug-likeness (QED) is 0.847. The monoisotopic (exact) mass is 316 g/mol. The van der Waals surface area contributed by atoms with Gasteiger partial charge in [-0.15, -0.1) is 12.4 Å². The van der Waals surface area contributed by atoms with Crippen LogP contribution in [0.5, 0.6) is 5.75 Å². The Hall–Kier alpha value is -1.33. The summed E-state index contributed by atoms with van der Waals surface area (Å²) in [5.74, 6) is 0.364. The Kier molecular flexibility index (Phi) is 7.47. The third-order valence-electron chi connectivity index (χ3n) is 3.42. The molecule has 1 aliphatic heterocycles. The lowest BCUT2D eigenvalue weighted by Gasteiger charge is -2.34. The normalized spacial score (nSPS) is 18.0. The number of benzene rings is 1. The van der Waals surface area contributed by atoms with Gasteiger partial charge in [-0.1, -0.05) is 6.07 Å². The van der Waals surface area contributed by atoms with Crippen molar-refractivity contribution >= 4 is 18.3 Å². The van der Waals surface area contributed by atoms with E-state index in [1.165, 1.54) is 12.1 Å². The molecule has 1 heterocycles. The first kappa shape index (κ1) is 17.7. The Bertz CT molecular complexity index is 459. The molecule has 1 aromatic rings. The van der Waals surface area contributed by atoms with Crippen LogP contribution in [-0.4, -0.2) is 43.1 Å². The maximum atomic E-state index is 12.9. The van der Waals surface area contributed by atoms with Crippen molar-refractivity contribution in [1.82, 2.24) is 10.2 Å². The summed E-state index contributed by atoms with van der Waals surface area (Å²) in [6.07, 6.45) is 1.12. The van der Waals surface area contributed by atoms with Gasteiger partial charge in [0.1, 0.15) is 11.6 Å². The molecule has 0 radical (unpaired) electrons. The van der Waals surface area contributed by atoms with E-state index in [-0.39, 0.29) is 30.2 Å². The zero-order valence-electron chi connectivity index (χ0n) is 12.2. The lowest BCUT2D eigenvalue weighted by Crippen LogP contribution is -2.52. The largest absolute Gasteiger partial charge is 0.493 e. The second kappa shape index (κ2) is 8.85. The zero-order chi connectivity index (χ0) is 14.4. The smallest absolute Gasteiger partial charge is 0.223 e. The Morgan fingerprint density at radius 1 is 1.52 bits per heavy atom. The maximum absolute atomic E-state index is 12.9. The van der Waals surface area contributed by atoms with Crippen LogP contribution in [0.4, 0.5) is 4.39 Å². The van der Waals surface area contributed by atoms with Crippen molar-refractivity contribution in [3.63, 3.8) is 0 Å². The molecule has 1 atom stereocenters. The molecule has 0 spiro atoms. The minimum atomic E-state index is -0.312. The van der Waals surface area contributed by atoms with Gasteiger partial charge >= 0.3 is 0 Å². The van der Waals surface area contributed by atoms with Crippen molar-refractivity contribution in [2.24, 2.45) is 0 Å². The third-order valence-corrected chi connectivity index (χ3v) is 3.42. The lowest BCUT2D eigenvalue weighted by molar-refractivity contribution is -0.134. The van der Waals surface area contributed by atoms with Crippen LogP contribution in [0.3, 0.4) is 0 Å². The van der Waals surface area contributed by atoms with E-state index in [1.807, 2.05) is 11.8 Å². The lowest BCUT2D eigenvalue weighted by atomic mass is 10.2. The molecule has 0 aromatic heterocycles. The van der Waals surface area contributed by atoms with Gasteiger partial charge in [-0.25, -0.2) is 4.39 Å². The molecule has 1 unspecified atom stereocenters. The first-order valence-electron chi connectivity index (χ1n) is 7.05. The van der Waals surface area contributed by atoms with Crippen molar-refractivity contribution in [3.8, 4) is 5.75 Å². The van der Waals surface area contributed by atoms with Crippen LogP contribution in [0, 0.1) is 5.82 Å². The van der Waals surface area contributed by atoms with E-state index >= 15 is 0 Å². The van der Waals surface area contributed by atoms with Crippen LogP contribution < -0.4 is 10.1 Å². The molecule has 1 aromatic carbocycles. The van der Waals surface area contributed by atoms with Gasteiger partial charge < -0.3 is 15.0 Å². The third kappa shape index (κ3) is 5.52. The topological polar surface area (TPSA) is 41.6 Å². The number of nitrogens with one attached hydrogen (secondary N) is 1. The Morgan fingerprint density at radius 2 is 2.33 bits per heavy atom. The number of carbonyl (C=O) groups excluding carboxylic acids is 1. The van der Waals surface area contributed by atoms with Crippen LogP contribution in [0.1, 0.15) is 19.8 Å². The SMILES string of the molecule is CC1CNCCN1C(=O)CCCOc1cccc(F)c1.Cl. The van der Waals surface area contributed by atoms with Crippen LogP contribution >= 0.6 is 12.4 Å². The molecular weight excluding hydrogens is 295 g/mol. The van der Waals surface area contributed by atoms with E-state index in [4.69, 9.17) is 4.74 Å². The van der Waals surface area contributed by atoms with Crippen molar-refractivity contribution in [3.05, 3.63) is 30.1 Å². The highest BCUT2D eigenvalue weighted by atomic mass is 35.5. The summed E-state index contributed by atoms with van der Waals surface area (Å²) in [6.45, 7) is 4.95. The number of piperazine rings is 1. The minimum absolute atomic E-state index is 0. The standard InChI is InChI=1S/C15H21FN2O2.ClH/c1-12-11-17-7-8-18(12)15(19)6-3-9-20-14-5-2-4-13(16)10-14;/h2,4-5,10,12,17H,3,6-9,11H2,1H3;1H. The predicted molar refractivity (Wildman–Crippen MR) is 82.4 cm³/mol. The summed E-state index contributed by atoms with van der Waals surface area (Å²) in [5, 5.41) is 3.26. The minimum Gasteiger partial charge on any atom is -0.493 e. The molecule has 6 heteroatoms. The van der Waals surface area contributed by atoms with Crippen molar-refractivity contribution in [2.75, 3.05) is 26.2 Å². The molecule has 1 saturated heterocycles. The van der Waals surface area contributed by atoms with Gasteiger partial charge in [0.05, 0.1) is 6.61 Å². The average Bonchev–Trinajstić information content (AvgIpc) is 2.44. The Balaban J connectivity index is 0.00000220. The van der Waals surface area contributed by atoms with E-state index in [0.717, 1.165) is 19.6 Å². The molecule has 1 amide bonds. The zero-order valence-corrected chi connectivity index (χ0v) is 13.0. The van der Waals surface area contributed by atoms with Gasteiger partial charge in [0, 0.05) is 38.2 Å². The molecular formula is C15H22ClFN2O2. The summed E-state index contributed by atoms with van der Waals surface area (Å²) in [7, 11) is 0. The fourth-order valence-corrected chi connectivity index (χ4v) is 2.33. The molecule has 4 nitrogen and oxygen atoms in total. The number of ether oxygens (including phenoxy) is 1. The van der Waals surface area contributed by atoms with E-state index in [1.54, 1.807) is 12.1 Å². The van der Waals surface area contributed by atoms with Gasteiger partial charge in [-0.05, 0) is 25.5 Å².